The fourth-order valence-corrected chi connectivity index (χ4v) is 11.0. The Labute approximate surface area is 372 Å². The molecule has 3 saturated heterocycles. The van der Waals surface area contributed by atoms with Gasteiger partial charge in [-0.25, -0.2) is 13.5 Å². The van der Waals surface area contributed by atoms with Gasteiger partial charge in [-0.1, -0.05) is 54.7 Å². The molecule has 63 heavy (non-hydrogen) atoms. The van der Waals surface area contributed by atoms with Crippen LogP contribution in [0.4, 0.5) is 14.5 Å². The van der Waals surface area contributed by atoms with E-state index in [4.69, 9.17) is 16.3 Å². The van der Waals surface area contributed by atoms with E-state index in [0.717, 1.165) is 78.0 Å². The Morgan fingerprint density at radius 3 is 2.37 bits per heavy atom. The van der Waals surface area contributed by atoms with E-state index in [1.807, 2.05) is 27.9 Å². The largest absolute Gasteiger partial charge is 0.371 e. The Balaban J connectivity index is 0.790. The number of aromatic nitrogens is 5. The maximum atomic E-state index is 15.7. The fraction of sp³-hybridized carbons (Fsp3) is 0.489. The Bertz CT molecular complexity index is 2620. The van der Waals surface area contributed by atoms with E-state index < -0.39 is 36.9 Å². The van der Waals surface area contributed by atoms with E-state index in [-0.39, 0.29) is 42.6 Å². The third-order valence-corrected chi connectivity index (χ3v) is 15.7. The smallest absolute Gasteiger partial charge is 0.282 e. The Hall–Kier alpha value is -4.83. The number of piperidine rings is 3. The highest BCUT2D eigenvalue weighted by atomic mass is 35.5. The molecule has 0 aliphatic carbocycles. The molecule has 3 fully saturated rings. The average Bonchev–Trinajstić information content (AvgIpc) is 3.80. The average molecular weight is 898 g/mol. The summed E-state index contributed by atoms with van der Waals surface area (Å²) < 4.78 is 41.2. The first-order chi connectivity index (χ1) is 30.1. The normalized spacial score (nSPS) is 19.9. The van der Waals surface area contributed by atoms with Gasteiger partial charge >= 0.3 is 0 Å². The van der Waals surface area contributed by atoms with Crippen molar-refractivity contribution in [1.82, 2.24) is 34.3 Å². The molecule has 16 heteroatoms. The predicted molar refractivity (Wildman–Crippen MR) is 241 cm³/mol. The SMILES string of the molecule is CC1(C)c2ccc(C3CCN(Cc4cn(C5CCN(c6cc(F)c(C7CCC(=O)N(COCC[Si](C)(C)C)C7=O)c(F)c6)CC5)nn4)CC3)cc2-n2c1nc(=O)c1c(Cl)cccc12. The Kier molecular flexibility index (Phi) is 11.7. The third-order valence-electron chi connectivity index (χ3n) is 13.7. The second kappa shape index (κ2) is 16.9. The lowest BCUT2D eigenvalue weighted by atomic mass is 9.83. The number of halogens is 3. The molecule has 1 unspecified atom stereocenters. The second-order valence-corrected chi connectivity index (χ2v) is 25.5. The van der Waals surface area contributed by atoms with Crippen LogP contribution in [0, 0.1) is 11.6 Å². The first-order valence-corrected chi connectivity index (χ1v) is 26.3. The van der Waals surface area contributed by atoms with E-state index in [0.29, 0.717) is 48.3 Å². The highest BCUT2D eigenvalue weighted by Gasteiger charge is 2.41. The fourth-order valence-electron chi connectivity index (χ4n) is 9.99. The van der Waals surface area contributed by atoms with Crippen LogP contribution in [0.1, 0.15) is 98.5 Å². The molecule has 0 spiro atoms. The van der Waals surface area contributed by atoms with Crippen LogP contribution in [-0.2, 0) is 26.3 Å². The van der Waals surface area contributed by atoms with Gasteiger partial charge in [0.05, 0.1) is 50.9 Å². The zero-order valence-electron chi connectivity index (χ0n) is 36.7. The summed E-state index contributed by atoms with van der Waals surface area (Å²) in [5, 5.41) is 9.89. The number of amides is 2. The van der Waals surface area contributed by atoms with Crippen LogP contribution in [0.3, 0.4) is 0 Å². The number of benzene rings is 3. The van der Waals surface area contributed by atoms with E-state index in [1.165, 1.54) is 17.7 Å². The molecule has 0 N–H and O–H groups in total. The number of anilines is 1. The van der Waals surface area contributed by atoms with Gasteiger partial charge in [-0.3, -0.25) is 28.8 Å². The van der Waals surface area contributed by atoms with Crippen LogP contribution in [0.25, 0.3) is 16.6 Å². The van der Waals surface area contributed by atoms with Gasteiger partial charge in [0.2, 0.25) is 11.8 Å². The molecule has 0 bridgehead atoms. The molecule has 0 saturated carbocycles. The van der Waals surface area contributed by atoms with Gasteiger partial charge in [0.15, 0.2) is 0 Å². The highest BCUT2D eigenvalue weighted by molar-refractivity contribution is 6.76. The number of ether oxygens (including phenoxy) is 1. The molecule has 3 aromatic carbocycles. The van der Waals surface area contributed by atoms with Crippen LogP contribution in [0.2, 0.25) is 30.7 Å². The summed E-state index contributed by atoms with van der Waals surface area (Å²) in [6, 6.07) is 15.9. The molecule has 2 amide bonds. The molecule has 2 aromatic heterocycles. The summed E-state index contributed by atoms with van der Waals surface area (Å²) in [5.74, 6) is -2.51. The number of hydrogen-bond donors (Lipinski definition) is 0. The molecule has 1 atom stereocenters. The van der Waals surface area contributed by atoms with Gasteiger partial charge in [0, 0.05) is 52.0 Å². The number of hydrogen-bond acceptors (Lipinski definition) is 9. The molecule has 0 radical (unpaired) electrons. The van der Waals surface area contributed by atoms with Crippen molar-refractivity contribution in [1.29, 1.82) is 0 Å². The van der Waals surface area contributed by atoms with Gasteiger partial charge in [0.1, 0.15) is 24.2 Å². The van der Waals surface area contributed by atoms with E-state index >= 15 is 8.78 Å². The molecule has 332 valence electrons. The minimum absolute atomic E-state index is 0.0225. The summed E-state index contributed by atoms with van der Waals surface area (Å²) in [6.45, 7) is 14.8. The number of carbonyl (C=O) groups is 2. The lowest BCUT2D eigenvalue weighted by molar-refractivity contribution is -0.155. The predicted octanol–water partition coefficient (Wildman–Crippen LogP) is 8.31. The Morgan fingerprint density at radius 1 is 0.921 bits per heavy atom. The minimum atomic E-state index is -1.37. The topological polar surface area (TPSA) is 119 Å². The zero-order chi connectivity index (χ0) is 44.4. The summed E-state index contributed by atoms with van der Waals surface area (Å²) in [5.41, 5.74) is 4.59. The monoisotopic (exact) mass is 896 g/mol. The van der Waals surface area contributed by atoms with Crippen LogP contribution in [0.5, 0.6) is 0 Å². The number of fused-ring (bicyclic) bond motifs is 5. The standard InChI is InChI=1S/C47H55ClF2N8O4Si/c1-47(2)35-11-9-30(23-40(35)58-39-8-6-7-36(48)43(39)44(60)51-46(47)58)29-13-17-54(18-14-29)26-31-27-57(53-52-31)32-15-19-55(20-16-32)33-24-37(49)42(38(50)25-33)34-10-12-41(59)56(45(34)61)28-62-21-22-63(3,4)5/h6-9,11,23-25,27,29,32,34H,10,12-22,26,28H2,1-5H3. The molecule has 12 nitrogen and oxygen atoms in total. The molecule has 9 rings (SSSR count). The van der Waals surface area contributed by atoms with Crippen LogP contribution >= 0.6 is 11.6 Å². The van der Waals surface area contributed by atoms with Gasteiger partial charge in [-0.2, -0.15) is 4.98 Å². The van der Waals surface area contributed by atoms with E-state index in [9.17, 15) is 14.4 Å². The van der Waals surface area contributed by atoms with Crippen molar-refractivity contribution in [2.45, 2.75) is 108 Å². The van der Waals surface area contributed by atoms with Crippen LogP contribution < -0.4 is 10.5 Å². The van der Waals surface area contributed by atoms with Crippen LogP contribution in [0.15, 0.2) is 59.5 Å². The van der Waals surface area contributed by atoms with Crippen molar-refractivity contribution in [2.24, 2.45) is 0 Å². The number of likely N-dealkylation sites (tertiary alicyclic amines) is 2. The quantitative estimate of drug-likeness (QED) is 0.0733. The number of nitrogens with zero attached hydrogens (tertiary/aromatic N) is 8. The van der Waals surface area contributed by atoms with Crippen molar-refractivity contribution < 1.29 is 23.1 Å². The molecular formula is C47H55ClF2N8O4Si. The van der Waals surface area contributed by atoms with E-state index in [2.05, 4.69) is 76.5 Å². The van der Waals surface area contributed by atoms with Gasteiger partial charge in [0.25, 0.3) is 5.56 Å². The van der Waals surface area contributed by atoms with Gasteiger partial charge < -0.3 is 9.64 Å². The maximum absolute atomic E-state index is 15.7. The third kappa shape index (κ3) is 8.37. The molecule has 4 aliphatic rings. The Morgan fingerprint density at radius 2 is 1.65 bits per heavy atom. The van der Waals surface area contributed by atoms with Crippen LogP contribution in [-0.4, -0.2) is 93.7 Å². The lowest BCUT2D eigenvalue weighted by Crippen LogP contribution is -2.45. The zero-order valence-corrected chi connectivity index (χ0v) is 38.4. The van der Waals surface area contributed by atoms with E-state index in [1.54, 1.807) is 6.07 Å². The second-order valence-electron chi connectivity index (χ2n) is 19.5. The summed E-state index contributed by atoms with van der Waals surface area (Å²) in [7, 11) is -1.37. The molecule has 5 aromatic rings. The van der Waals surface area contributed by atoms with Crippen molar-refractivity contribution in [2.75, 3.05) is 44.4 Å². The molecule has 6 heterocycles. The van der Waals surface area contributed by atoms with Crippen molar-refractivity contribution >= 4 is 48.1 Å². The van der Waals surface area contributed by atoms with Crippen molar-refractivity contribution in [3.8, 4) is 5.69 Å². The first-order valence-electron chi connectivity index (χ1n) is 22.2. The number of rotatable bonds is 11. The summed E-state index contributed by atoms with van der Waals surface area (Å²) >= 11 is 6.51. The van der Waals surface area contributed by atoms with Crippen molar-refractivity contribution in [3.05, 3.63) is 110 Å². The summed E-state index contributed by atoms with van der Waals surface area (Å²) in [4.78, 5) is 49.0. The minimum Gasteiger partial charge on any atom is -0.371 e. The number of carbonyl (C=O) groups excluding carboxylic acids is 2. The maximum Gasteiger partial charge on any atom is 0.282 e. The highest BCUT2D eigenvalue weighted by Crippen LogP contribution is 2.45. The number of imide groups is 1. The summed E-state index contributed by atoms with van der Waals surface area (Å²) in [6.07, 6.45) is 5.57. The molecular weight excluding hydrogens is 842 g/mol. The van der Waals surface area contributed by atoms with Gasteiger partial charge in [-0.15, -0.1) is 5.10 Å². The lowest BCUT2D eigenvalue weighted by Gasteiger charge is -2.34. The van der Waals surface area contributed by atoms with Gasteiger partial charge in [-0.05, 0) is 112 Å². The van der Waals surface area contributed by atoms with Crippen molar-refractivity contribution in [3.63, 3.8) is 0 Å². The first kappa shape index (κ1) is 43.4. The molecule has 4 aliphatic heterocycles.